The van der Waals surface area contributed by atoms with Crippen molar-refractivity contribution in [2.45, 2.75) is 46.4 Å². The molecule has 1 heterocycles. The molecule has 0 radical (unpaired) electrons. The monoisotopic (exact) mass is 358 g/mol. The van der Waals surface area contributed by atoms with Crippen LogP contribution in [0, 0.1) is 12.8 Å². The van der Waals surface area contributed by atoms with Gasteiger partial charge in [0.1, 0.15) is 0 Å². The molecule has 0 saturated carbocycles. The van der Waals surface area contributed by atoms with E-state index in [2.05, 4.69) is 72.8 Å². The lowest BCUT2D eigenvalue weighted by Gasteiger charge is -2.26. The lowest BCUT2D eigenvalue weighted by atomic mass is 10.1. The minimum Gasteiger partial charge on any atom is -0.389 e. The topological polar surface area (TPSA) is 37.6 Å². The van der Waals surface area contributed by atoms with Crippen LogP contribution >= 0.6 is 0 Å². The Kier molecular flexibility index (Phi) is 8.36. The van der Waals surface area contributed by atoms with Crippen molar-refractivity contribution in [1.29, 1.82) is 0 Å². The molecule has 144 valence electrons. The molecule has 0 bridgehead atoms. The van der Waals surface area contributed by atoms with Crippen molar-refractivity contribution < 1.29 is 9.84 Å². The standard InChI is InChI=1S/C22H34N2O2/c1-18(2)11-13-23(16-22(25)17-26-4)15-21-10-7-12-24(21)14-20-9-6-5-8-19(20)3/h5-10,12,18,22,25H,11,13-17H2,1-4H3. The van der Waals surface area contributed by atoms with Crippen molar-refractivity contribution in [3.8, 4) is 0 Å². The highest BCUT2D eigenvalue weighted by Crippen LogP contribution is 2.15. The molecule has 1 N–H and O–H groups in total. The largest absolute Gasteiger partial charge is 0.389 e. The molecule has 2 rings (SSSR count). The molecule has 4 nitrogen and oxygen atoms in total. The average molecular weight is 359 g/mol. The van der Waals surface area contributed by atoms with Gasteiger partial charge in [-0.25, -0.2) is 0 Å². The fraction of sp³-hybridized carbons (Fsp3) is 0.545. The number of rotatable bonds is 11. The molecule has 1 atom stereocenters. The predicted octanol–water partition coefficient (Wildman–Crippen LogP) is 3.70. The van der Waals surface area contributed by atoms with E-state index in [9.17, 15) is 5.11 Å². The summed E-state index contributed by atoms with van der Waals surface area (Å²) >= 11 is 0. The van der Waals surface area contributed by atoms with Crippen molar-refractivity contribution in [3.63, 3.8) is 0 Å². The van der Waals surface area contributed by atoms with Crippen molar-refractivity contribution in [2.24, 2.45) is 5.92 Å². The summed E-state index contributed by atoms with van der Waals surface area (Å²) < 4.78 is 7.41. The first kappa shape index (κ1) is 20.7. The summed E-state index contributed by atoms with van der Waals surface area (Å²) in [4.78, 5) is 2.34. The van der Waals surface area contributed by atoms with Gasteiger partial charge in [-0.2, -0.15) is 0 Å². The second-order valence-electron chi connectivity index (χ2n) is 7.58. The number of hydrogen-bond acceptors (Lipinski definition) is 3. The normalized spacial score (nSPS) is 12.9. The maximum absolute atomic E-state index is 10.2. The van der Waals surface area contributed by atoms with Crippen LogP contribution in [0.2, 0.25) is 0 Å². The molecule has 2 aromatic rings. The van der Waals surface area contributed by atoms with Crippen LogP contribution in [0.1, 0.15) is 37.1 Å². The Morgan fingerprint density at radius 3 is 2.62 bits per heavy atom. The minimum absolute atomic E-state index is 0.377. The van der Waals surface area contributed by atoms with E-state index in [1.54, 1.807) is 7.11 Å². The van der Waals surface area contributed by atoms with E-state index in [1.807, 2.05) is 0 Å². The first-order valence-electron chi connectivity index (χ1n) is 9.57. The molecule has 1 unspecified atom stereocenters. The number of aromatic nitrogens is 1. The molecular formula is C22H34N2O2. The Bertz CT molecular complexity index is 651. The molecular weight excluding hydrogens is 324 g/mol. The third-order valence-electron chi connectivity index (χ3n) is 4.76. The van der Waals surface area contributed by atoms with E-state index < -0.39 is 6.10 Å². The summed E-state index contributed by atoms with van der Waals surface area (Å²) in [5.74, 6) is 0.649. The summed E-state index contributed by atoms with van der Waals surface area (Å²) in [7, 11) is 1.63. The predicted molar refractivity (Wildman–Crippen MR) is 107 cm³/mol. The van der Waals surface area contributed by atoms with Crippen molar-refractivity contribution >= 4 is 0 Å². The van der Waals surface area contributed by atoms with E-state index in [0.717, 1.165) is 26.1 Å². The molecule has 0 fully saturated rings. The van der Waals surface area contributed by atoms with E-state index >= 15 is 0 Å². The third-order valence-corrected chi connectivity index (χ3v) is 4.76. The van der Waals surface area contributed by atoms with Gasteiger partial charge in [-0.15, -0.1) is 0 Å². The zero-order chi connectivity index (χ0) is 18.9. The second-order valence-corrected chi connectivity index (χ2v) is 7.58. The first-order valence-corrected chi connectivity index (χ1v) is 9.57. The summed E-state index contributed by atoms with van der Waals surface area (Å²) in [6.45, 7) is 10.4. The maximum Gasteiger partial charge on any atom is 0.0900 e. The molecule has 0 saturated heterocycles. The van der Waals surface area contributed by atoms with E-state index in [1.165, 1.54) is 16.8 Å². The van der Waals surface area contributed by atoms with E-state index in [-0.39, 0.29) is 0 Å². The second kappa shape index (κ2) is 10.5. The van der Waals surface area contributed by atoms with Crippen LogP contribution in [0.4, 0.5) is 0 Å². The van der Waals surface area contributed by atoms with Gasteiger partial charge in [-0.3, -0.25) is 4.90 Å². The van der Waals surface area contributed by atoms with Crippen LogP contribution in [0.3, 0.4) is 0 Å². The van der Waals surface area contributed by atoms with Gasteiger partial charge in [0.15, 0.2) is 0 Å². The molecule has 0 spiro atoms. The molecule has 0 amide bonds. The molecule has 4 heteroatoms. The molecule has 1 aromatic heterocycles. The zero-order valence-electron chi connectivity index (χ0n) is 16.7. The van der Waals surface area contributed by atoms with Crippen LogP contribution in [0.25, 0.3) is 0 Å². The number of aryl methyl sites for hydroxylation is 1. The van der Waals surface area contributed by atoms with Gasteiger partial charge >= 0.3 is 0 Å². The number of benzene rings is 1. The summed E-state index contributed by atoms with van der Waals surface area (Å²) in [6.07, 6.45) is 2.82. The highest BCUT2D eigenvalue weighted by atomic mass is 16.5. The van der Waals surface area contributed by atoms with Gasteiger partial charge < -0.3 is 14.4 Å². The number of aliphatic hydroxyl groups excluding tert-OH is 1. The average Bonchev–Trinajstić information content (AvgIpc) is 3.02. The first-order chi connectivity index (χ1) is 12.5. The number of hydrogen-bond donors (Lipinski definition) is 1. The van der Waals surface area contributed by atoms with Crippen molar-refractivity contribution in [3.05, 3.63) is 59.4 Å². The quantitative estimate of drug-likeness (QED) is 0.665. The van der Waals surface area contributed by atoms with Gasteiger partial charge in [0.2, 0.25) is 0 Å². The van der Waals surface area contributed by atoms with Crippen molar-refractivity contribution in [1.82, 2.24) is 9.47 Å². The Labute approximate surface area is 158 Å². The molecule has 1 aromatic carbocycles. The highest BCUT2D eigenvalue weighted by molar-refractivity contribution is 5.26. The van der Waals surface area contributed by atoms with Crippen LogP contribution in [0.5, 0.6) is 0 Å². The molecule has 0 aliphatic carbocycles. The number of methoxy groups -OCH3 is 1. The maximum atomic E-state index is 10.2. The van der Waals surface area contributed by atoms with Crippen LogP contribution in [-0.4, -0.2) is 47.5 Å². The highest BCUT2D eigenvalue weighted by Gasteiger charge is 2.15. The number of nitrogens with zero attached hydrogens (tertiary/aromatic N) is 2. The van der Waals surface area contributed by atoms with E-state index in [4.69, 9.17) is 4.74 Å². The molecule has 0 aliphatic heterocycles. The fourth-order valence-electron chi connectivity index (χ4n) is 3.17. The summed E-state index contributed by atoms with van der Waals surface area (Å²) in [5, 5.41) is 10.2. The Hall–Kier alpha value is -1.62. The Balaban J connectivity index is 2.07. The minimum atomic E-state index is -0.452. The van der Waals surface area contributed by atoms with Gasteiger partial charge in [0, 0.05) is 38.6 Å². The lowest BCUT2D eigenvalue weighted by Crippen LogP contribution is -2.36. The van der Waals surface area contributed by atoms with E-state index in [0.29, 0.717) is 19.1 Å². The summed E-state index contributed by atoms with van der Waals surface area (Å²) in [6, 6.07) is 12.8. The smallest absolute Gasteiger partial charge is 0.0900 e. The van der Waals surface area contributed by atoms with Gasteiger partial charge in [-0.1, -0.05) is 38.1 Å². The molecule has 0 aliphatic rings. The lowest BCUT2D eigenvalue weighted by molar-refractivity contribution is 0.0343. The van der Waals surface area contributed by atoms with Crippen LogP contribution in [-0.2, 0) is 17.8 Å². The van der Waals surface area contributed by atoms with Gasteiger partial charge in [0.05, 0.1) is 12.7 Å². The van der Waals surface area contributed by atoms with Crippen LogP contribution in [0.15, 0.2) is 42.6 Å². The van der Waals surface area contributed by atoms with Gasteiger partial charge in [-0.05, 0) is 49.1 Å². The molecule has 26 heavy (non-hydrogen) atoms. The van der Waals surface area contributed by atoms with Crippen molar-refractivity contribution in [2.75, 3.05) is 26.8 Å². The van der Waals surface area contributed by atoms with Crippen LogP contribution < -0.4 is 0 Å². The third kappa shape index (κ3) is 6.60. The number of aliphatic hydroxyl groups is 1. The summed E-state index contributed by atoms with van der Waals surface area (Å²) in [5.41, 5.74) is 3.94. The number of ether oxygens (including phenoxy) is 1. The Morgan fingerprint density at radius 1 is 1.15 bits per heavy atom. The SMILES string of the molecule is COCC(O)CN(CCC(C)C)Cc1cccn1Cc1ccccc1C. The zero-order valence-corrected chi connectivity index (χ0v) is 16.7. The fourth-order valence-corrected chi connectivity index (χ4v) is 3.17. The Morgan fingerprint density at radius 2 is 1.92 bits per heavy atom. The van der Waals surface area contributed by atoms with Gasteiger partial charge in [0.25, 0.3) is 0 Å².